The van der Waals surface area contributed by atoms with Gasteiger partial charge in [-0.3, -0.25) is 0 Å². The van der Waals surface area contributed by atoms with Gasteiger partial charge >= 0.3 is 5.97 Å². The van der Waals surface area contributed by atoms with Crippen molar-refractivity contribution in [2.45, 2.75) is 13.3 Å². The molecule has 0 aliphatic rings. The molecule has 1 aromatic rings. The van der Waals surface area contributed by atoms with Crippen molar-refractivity contribution in [1.29, 1.82) is 0 Å². The van der Waals surface area contributed by atoms with Crippen LogP contribution in [-0.4, -0.2) is 24.8 Å². The third-order valence-corrected chi connectivity index (χ3v) is 2.11. The Balaban J connectivity index is 2.93. The lowest BCUT2D eigenvalue weighted by molar-refractivity contribution is 0.0600. The van der Waals surface area contributed by atoms with E-state index < -0.39 is 0 Å². The first-order valence-electron chi connectivity index (χ1n) is 4.97. The van der Waals surface area contributed by atoms with Gasteiger partial charge in [0, 0.05) is 12.0 Å². The Bertz CT molecular complexity index is 438. The van der Waals surface area contributed by atoms with E-state index in [1.54, 1.807) is 18.2 Å². The summed E-state index contributed by atoms with van der Waals surface area (Å²) in [6.07, 6.45) is 0.457. The highest BCUT2D eigenvalue weighted by Crippen LogP contribution is 2.10. The minimum Gasteiger partial charge on any atom is -0.465 e. The van der Waals surface area contributed by atoms with Crippen LogP contribution in [0.4, 0.5) is 0 Å². The van der Waals surface area contributed by atoms with Crippen LogP contribution in [0.25, 0.3) is 0 Å². The monoisotopic (exact) mass is 218 g/mol. The molecule has 0 saturated heterocycles. The Morgan fingerprint density at radius 2 is 2.25 bits per heavy atom. The summed E-state index contributed by atoms with van der Waals surface area (Å²) in [7, 11) is 1.35. The second-order valence-corrected chi connectivity index (χ2v) is 3.30. The van der Waals surface area contributed by atoms with Crippen LogP contribution in [0.2, 0.25) is 0 Å². The van der Waals surface area contributed by atoms with E-state index in [1.807, 2.05) is 6.92 Å². The maximum atomic E-state index is 11.2. The highest BCUT2D eigenvalue weighted by Gasteiger charge is 2.05. The predicted molar refractivity (Wildman–Crippen MR) is 61.1 cm³/mol. The average Bonchev–Trinajstić information content (AvgIpc) is 2.30. The number of esters is 1. The van der Waals surface area contributed by atoms with E-state index in [-0.39, 0.29) is 12.6 Å². The third-order valence-electron chi connectivity index (χ3n) is 2.11. The van der Waals surface area contributed by atoms with Crippen molar-refractivity contribution in [1.82, 2.24) is 0 Å². The summed E-state index contributed by atoms with van der Waals surface area (Å²) in [6.45, 7) is 1.95. The number of hydrogen-bond acceptors (Lipinski definition) is 3. The summed E-state index contributed by atoms with van der Waals surface area (Å²) >= 11 is 0. The number of carbonyl (C=O) groups excluding carboxylic acids is 1. The van der Waals surface area contributed by atoms with Crippen LogP contribution in [0, 0.1) is 18.8 Å². The van der Waals surface area contributed by atoms with Crippen LogP contribution in [0.3, 0.4) is 0 Å². The van der Waals surface area contributed by atoms with Crippen molar-refractivity contribution in [3.63, 3.8) is 0 Å². The number of carbonyl (C=O) groups is 1. The van der Waals surface area contributed by atoms with E-state index in [0.717, 1.165) is 11.1 Å². The first-order chi connectivity index (χ1) is 7.69. The molecule has 0 aliphatic heterocycles. The van der Waals surface area contributed by atoms with Gasteiger partial charge in [0.2, 0.25) is 0 Å². The first kappa shape index (κ1) is 12.3. The van der Waals surface area contributed by atoms with Gasteiger partial charge in [-0.25, -0.2) is 4.79 Å². The molecule has 0 aliphatic carbocycles. The predicted octanol–water partition coefficient (Wildman–Crippen LogP) is 1.52. The fourth-order valence-corrected chi connectivity index (χ4v) is 1.26. The maximum absolute atomic E-state index is 11.2. The molecule has 0 unspecified atom stereocenters. The molecular formula is C13H14O3. The second-order valence-electron chi connectivity index (χ2n) is 3.30. The maximum Gasteiger partial charge on any atom is 0.337 e. The molecule has 1 N–H and O–H groups in total. The molecule has 0 spiro atoms. The normalized spacial score (nSPS) is 9.19. The molecule has 3 nitrogen and oxygen atoms in total. The van der Waals surface area contributed by atoms with Gasteiger partial charge in [0.05, 0.1) is 19.3 Å². The lowest BCUT2D eigenvalue weighted by Gasteiger charge is -2.02. The van der Waals surface area contributed by atoms with Crippen molar-refractivity contribution >= 4 is 5.97 Å². The van der Waals surface area contributed by atoms with Crippen molar-refractivity contribution in [2.24, 2.45) is 0 Å². The number of benzene rings is 1. The quantitative estimate of drug-likeness (QED) is 0.604. The lowest BCUT2D eigenvalue weighted by atomic mass is 10.1. The van der Waals surface area contributed by atoms with E-state index in [9.17, 15) is 4.79 Å². The first-order valence-corrected chi connectivity index (χ1v) is 4.97. The second kappa shape index (κ2) is 5.94. The molecule has 0 atom stereocenters. The fourth-order valence-electron chi connectivity index (χ4n) is 1.26. The Morgan fingerprint density at radius 1 is 1.50 bits per heavy atom. The number of ether oxygens (including phenoxy) is 1. The van der Waals surface area contributed by atoms with Gasteiger partial charge in [0.1, 0.15) is 0 Å². The largest absolute Gasteiger partial charge is 0.465 e. The van der Waals surface area contributed by atoms with Gasteiger partial charge in [-0.05, 0) is 30.7 Å². The topological polar surface area (TPSA) is 46.5 Å². The Hall–Kier alpha value is -1.79. The third kappa shape index (κ3) is 3.11. The van der Waals surface area contributed by atoms with E-state index in [1.165, 1.54) is 7.11 Å². The molecule has 3 heteroatoms. The zero-order chi connectivity index (χ0) is 12.0. The van der Waals surface area contributed by atoms with Gasteiger partial charge in [0.25, 0.3) is 0 Å². The average molecular weight is 218 g/mol. The van der Waals surface area contributed by atoms with Gasteiger partial charge in [0.15, 0.2) is 0 Å². The van der Waals surface area contributed by atoms with E-state index in [0.29, 0.717) is 12.0 Å². The molecule has 1 rings (SSSR count). The van der Waals surface area contributed by atoms with Crippen LogP contribution in [0.5, 0.6) is 0 Å². The summed E-state index contributed by atoms with van der Waals surface area (Å²) in [5, 5.41) is 8.60. The zero-order valence-corrected chi connectivity index (χ0v) is 9.41. The summed E-state index contributed by atoms with van der Waals surface area (Å²) in [6, 6.07) is 5.21. The minimum absolute atomic E-state index is 0.0618. The summed E-state index contributed by atoms with van der Waals surface area (Å²) in [4.78, 5) is 11.2. The Kier molecular flexibility index (Phi) is 4.56. The lowest BCUT2D eigenvalue weighted by Crippen LogP contribution is -2.01. The van der Waals surface area contributed by atoms with Crippen LogP contribution in [0.1, 0.15) is 27.9 Å². The van der Waals surface area contributed by atoms with Gasteiger partial charge in [-0.15, -0.1) is 0 Å². The standard InChI is InChI=1S/C13H14O3/c1-10-9-12(13(15)16-2)7-6-11(10)5-3-4-8-14/h6-7,9,14H,4,8H2,1-2H3. The molecule has 0 amide bonds. The SMILES string of the molecule is COC(=O)c1ccc(C#CCCO)c(C)c1. The molecule has 0 heterocycles. The van der Waals surface area contributed by atoms with Gasteiger partial charge < -0.3 is 9.84 Å². The molecule has 1 aromatic carbocycles. The molecule has 84 valence electrons. The van der Waals surface area contributed by atoms with E-state index in [2.05, 4.69) is 16.6 Å². The van der Waals surface area contributed by atoms with Gasteiger partial charge in [-0.2, -0.15) is 0 Å². The zero-order valence-electron chi connectivity index (χ0n) is 9.41. The molecule has 0 aromatic heterocycles. The summed E-state index contributed by atoms with van der Waals surface area (Å²) < 4.78 is 4.62. The number of hydrogen-bond donors (Lipinski definition) is 1. The van der Waals surface area contributed by atoms with Crippen LogP contribution >= 0.6 is 0 Å². The fraction of sp³-hybridized carbons (Fsp3) is 0.308. The molecule has 0 fully saturated rings. The number of aryl methyl sites for hydroxylation is 1. The van der Waals surface area contributed by atoms with Crippen molar-refractivity contribution in [3.05, 3.63) is 34.9 Å². The van der Waals surface area contributed by atoms with Crippen LogP contribution in [-0.2, 0) is 4.74 Å². The van der Waals surface area contributed by atoms with E-state index >= 15 is 0 Å². The molecule has 0 radical (unpaired) electrons. The summed E-state index contributed by atoms with van der Waals surface area (Å²) in [5.41, 5.74) is 2.31. The molecule has 0 bridgehead atoms. The summed E-state index contributed by atoms with van der Waals surface area (Å²) in [5.74, 6) is 5.43. The van der Waals surface area contributed by atoms with Crippen molar-refractivity contribution in [3.8, 4) is 11.8 Å². The highest BCUT2D eigenvalue weighted by atomic mass is 16.5. The Morgan fingerprint density at radius 3 is 2.81 bits per heavy atom. The van der Waals surface area contributed by atoms with Crippen LogP contribution < -0.4 is 0 Å². The number of aliphatic hydroxyl groups is 1. The highest BCUT2D eigenvalue weighted by molar-refractivity contribution is 5.89. The smallest absolute Gasteiger partial charge is 0.337 e. The number of methoxy groups -OCH3 is 1. The Labute approximate surface area is 95.1 Å². The molecule has 0 saturated carbocycles. The van der Waals surface area contributed by atoms with Crippen LogP contribution in [0.15, 0.2) is 18.2 Å². The molecule has 16 heavy (non-hydrogen) atoms. The molecular weight excluding hydrogens is 204 g/mol. The van der Waals surface area contributed by atoms with E-state index in [4.69, 9.17) is 5.11 Å². The van der Waals surface area contributed by atoms with Crippen molar-refractivity contribution < 1.29 is 14.6 Å². The van der Waals surface area contributed by atoms with Gasteiger partial charge in [-0.1, -0.05) is 11.8 Å². The number of aliphatic hydroxyl groups excluding tert-OH is 1. The number of rotatable bonds is 2. The minimum atomic E-state index is -0.349. The van der Waals surface area contributed by atoms with Crippen molar-refractivity contribution in [2.75, 3.05) is 13.7 Å².